The molecule has 0 spiro atoms. The smallest absolute Gasteiger partial charge is 0.243 e. The molecule has 0 saturated carbocycles. The lowest BCUT2D eigenvalue weighted by atomic mass is 10.2. The first-order valence-corrected chi connectivity index (χ1v) is 9.80. The number of hydrogen-bond donors (Lipinski definition) is 1. The van der Waals surface area contributed by atoms with Gasteiger partial charge in [-0.15, -0.1) is 0 Å². The van der Waals surface area contributed by atoms with E-state index in [4.69, 9.17) is 4.74 Å². The van der Waals surface area contributed by atoms with Gasteiger partial charge in [-0.05, 0) is 24.0 Å². The van der Waals surface area contributed by atoms with Gasteiger partial charge in [-0.1, -0.05) is 12.1 Å². The second-order valence-electron chi connectivity index (χ2n) is 4.87. The predicted octanol–water partition coefficient (Wildman–Crippen LogP) is 0.687. The van der Waals surface area contributed by atoms with Crippen molar-refractivity contribution in [3.05, 3.63) is 29.8 Å². The van der Waals surface area contributed by atoms with Crippen molar-refractivity contribution in [1.29, 1.82) is 0 Å². The van der Waals surface area contributed by atoms with Crippen LogP contribution in [0.1, 0.15) is 5.56 Å². The SMILES string of the molecule is CSCC(=O)NCc1ccc(S(=O)(=O)N2CCOCC2)cc1. The van der Waals surface area contributed by atoms with Crippen molar-refractivity contribution in [3.8, 4) is 0 Å². The van der Waals surface area contributed by atoms with Gasteiger partial charge >= 0.3 is 0 Å². The molecule has 1 fully saturated rings. The van der Waals surface area contributed by atoms with Crippen LogP contribution in [0.25, 0.3) is 0 Å². The summed E-state index contributed by atoms with van der Waals surface area (Å²) < 4.78 is 31.5. The average molecular weight is 344 g/mol. The molecule has 1 heterocycles. The Morgan fingerprint density at radius 1 is 1.27 bits per heavy atom. The van der Waals surface area contributed by atoms with Gasteiger partial charge in [0, 0.05) is 19.6 Å². The number of morpholine rings is 1. The van der Waals surface area contributed by atoms with Crippen LogP contribution in [-0.2, 0) is 26.1 Å². The summed E-state index contributed by atoms with van der Waals surface area (Å²) in [7, 11) is -3.46. The van der Waals surface area contributed by atoms with Crippen molar-refractivity contribution in [2.75, 3.05) is 38.3 Å². The van der Waals surface area contributed by atoms with E-state index < -0.39 is 10.0 Å². The van der Waals surface area contributed by atoms with Crippen LogP contribution in [0.4, 0.5) is 0 Å². The third-order valence-corrected chi connectivity index (χ3v) is 5.76. The van der Waals surface area contributed by atoms with E-state index in [1.54, 1.807) is 24.3 Å². The first-order chi connectivity index (χ1) is 10.5. The molecule has 0 radical (unpaired) electrons. The molecule has 1 aliphatic heterocycles. The molecular weight excluding hydrogens is 324 g/mol. The fourth-order valence-corrected chi connectivity index (χ4v) is 3.87. The number of carbonyl (C=O) groups excluding carboxylic acids is 1. The zero-order chi connectivity index (χ0) is 16.0. The maximum Gasteiger partial charge on any atom is 0.243 e. The van der Waals surface area contributed by atoms with Gasteiger partial charge in [-0.25, -0.2) is 8.42 Å². The lowest BCUT2D eigenvalue weighted by Crippen LogP contribution is -2.40. The van der Waals surface area contributed by atoms with Crippen LogP contribution in [-0.4, -0.2) is 56.9 Å². The second kappa shape index (κ2) is 7.96. The molecule has 1 aromatic rings. The third-order valence-electron chi connectivity index (χ3n) is 3.30. The van der Waals surface area contributed by atoms with Crippen molar-refractivity contribution in [3.63, 3.8) is 0 Å². The highest BCUT2D eigenvalue weighted by Gasteiger charge is 2.25. The summed E-state index contributed by atoms with van der Waals surface area (Å²) in [5.41, 5.74) is 0.871. The molecule has 0 bridgehead atoms. The fraction of sp³-hybridized carbons (Fsp3) is 0.500. The van der Waals surface area contributed by atoms with Gasteiger partial charge in [0.2, 0.25) is 15.9 Å². The topological polar surface area (TPSA) is 75.7 Å². The van der Waals surface area contributed by atoms with Gasteiger partial charge in [-0.3, -0.25) is 4.79 Å². The molecule has 0 aliphatic carbocycles. The summed E-state index contributed by atoms with van der Waals surface area (Å²) in [5, 5.41) is 2.79. The number of thioether (sulfide) groups is 1. The maximum atomic E-state index is 12.4. The standard InChI is InChI=1S/C14H20N2O4S2/c1-21-11-14(17)15-10-12-2-4-13(5-3-12)22(18,19)16-6-8-20-9-7-16/h2-5H,6-11H2,1H3,(H,15,17). The summed E-state index contributed by atoms with van der Waals surface area (Å²) >= 11 is 1.46. The molecule has 0 unspecified atom stereocenters. The Kier molecular flexibility index (Phi) is 6.25. The van der Waals surface area contributed by atoms with Crippen LogP contribution in [0.3, 0.4) is 0 Å². The Morgan fingerprint density at radius 2 is 1.91 bits per heavy atom. The highest BCUT2D eigenvalue weighted by molar-refractivity contribution is 7.99. The minimum Gasteiger partial charge on any atom is -0.379 e. The van der Waals surface area contributed by atoms with Crippen molar-refractivity contribution in [2.24, 2.45) is 0 Å². The van der Waals surface area contributed by atoms with E-state index in [0.717, 1.165) is 5.56 Å². The molecular formula is C14H20N2O4S2. The Bertz CT molecular complexity index is 596. The van der Waals surface area contributed by atoms with Crippen LogP contribution in [0.5, 0.6) is 0 Å². The second-order valence-corrected chi connectivity index (χ2v) is 7.67. The molecule has 1 N–H and O–H groups in total. The van der Waals surface area contributed by atoms with Gasteiger partial charge in [-0.2, -0.15) is 16.1 Å². The van der Waals surface area contributed by atoms with E-state index in [9.17, 15) is 13.2 Å². The first-order valence-electron chi connectivity index (χ1n) is 6.96. The summed E-state index contributed by atoms with van der Waals surface area (Å²) in [6.07, 6.45) is 1.87. The summed E-state index contributed by atoms with van der Waals surface area (Å²) in [4.78, 5) is 11.7. The molecule has 8 heteroatoms. The number of benzene rings is 1. The largest absolute Gasteiger partial charge is 0.379 e. The van der Waals surface area contributed by atoms with Gasteiger partial charge in [0.1, 0.15) is 0 Å². The van der Waals surface area contributed by atoms with Crippen LogP contribution >= 0.6 is 11.8 Å². The fourth-order valence-electron chi connectivity index (χ4n) is 2.10. The number of ether oxygens (including phenoxy) is 1. The summed E-state index contributed by atoms with van der Waals surface area (Å²) in [6.45, 7) is 2.03. The average Bonchev–Trinajstić information content (AvgIpc) is 2.54. The van der Waals surface area contributed by atoms with Crippen molar-refractivity contribution in [1.82, 2.24) is 9.62 Å². The van der Waals surface area contributed by atoms with Crippen molar-refractivity contribution in [2.45, 2.75) is 11.4 Å². The monoisotopic (exact) mass is 344 g/mol. The minimum absolute atomic E-state index is 0.0301. The van der Waals surface area contributed by atoms with E-state index in [2.05, 4.69) is 5.32 Å². The van der Waals surface area contributed by atoms with E-state index in [1.165, 1.54) is 16.1 Å². The van der Waals surface area contributed by atoms with E-state index in [1.807, 2.05) is 6.26 Å². The molecule has 2 rings (SSSR count). The maximum absolute atomic E-state index is 12.4. The Morgan fingerprint density at radius 3 is 2.50 bits per heavy atom. The highest BCUT2D eigenvalue weighted by Crippen LogP contribution is 2.17. The number of rotatable bonds is 6. The molecule has 22 heavy (non-hydrogen) atoms. The summed E-state index contributed by atoms with van der Waals surface area (Å²) in [6, 6.07) is 6.63. The third kappa shape index (κ3) is 4.45. The number of sulfonamides is 1. The van der Waals surface area contributed by atoms with Crippen LogP contribution in [0.15, 0.2) is 29.2 Å². The van der Waals surface area contributed by atoms with Gasteiger partial charge in [0.15, 0.2) is 0 Å². The van der Waals surface area contributed by atoms with E-state index in [-0.39, 0.29) is 10.8 Å². The zero-order valence-electron chi connectivity index (χ0n) is 12.4. The number of amides is 1. The van der Waals surface area contributed by atoms with Crippen LogP contribution in [0.2, 0.25) is 0 Å². The number of carbonyl (C=O) groups is 1. The summed E-state index contributed by atoms with van der Waals surface area (Å²) in [5.74, 6) is 0.390. The molecule has 0 atom stereocenters. The van der Waals surface area contributed by atoms with Crippen LogP contribution in [0, 0.1) is 0 Å². The molecule has 122 valence electrons. The molecule has 0 aromatic heterocycles. The molecule has 6 nitrogen and oxygen atoms in total. The number of nitrogens with zero attached hydrogens (tertiary/aromatic N) is 1. The van der Waals surface area contributed by atoms with E-state index >= 15 is 0 Å². The minimum atomic E-state index is -3.46. The first kappa shape index (κ1) is 17.3. The number of nitrogens with one attached hydrogen (secondary N) is 1. The predicted molar refractivity (Wildman–Crippen MR) is 86.2 cm³/mol. The normalized spacial score (nSPS) is 16.4. The Hall–Kier alpha value is -1.09. The van der Waals surface area contributed by atoms with Crippen LogP contribution < -0.4 is 5.32 Å². The lowest BCUT2D eigenvalue weighted by molar-refractivity contribution is -0.118. The zero-order valence-corrected chi connectivity index (χ0v) is 14.1. The lowest BCUT2D eigenvalue weighted by Gasteiger charge is -2.26. The number of hydrogen-bond acceptors (Lipinski definition) is 5. The van der Waals surface area contributed by atoms with Gasteiger partial charge in [0.05, 0.1) is 23.9 Å². The molecule has 1 amide bonds. The van der Waals surface area contributed by atoms with Gasteiger partial charge < -0.3 is 10.1 Å². The van der Waals surface area contributed by atoms with Crippen molar-refractivity contribution >= 4 is 27.7 Å². The molecule has 1 saturated heterocycles. The van der Waals surface area contributed by atoms with Gasteiger partial charge in [0.25, 0.3) is 0 Å². The Labute approximate surface area is 135 Å². The highest BCUT2D eigenvalue weighted by atomic mass is 32.2. The molecule has 1 aromatic carbocycles. The quantitative estimate of drug-likeness (QED) is 0.822. The molecule has 1 aliphatic rings. The van der Waals surface area contributed by atoms with Crippen molar-refractivity contribution < 1.29 is 17.9 Å². The van der Waals surface area contributed by atoms with E-state index in [0.29, 0.717) is 38.6 Å². The Balaban J connectivity index is 2.00.